The van der Waals surface area contributed by atoms with Gasteiger partial charge in [-0.1, -0.05) is 22.0 Å². The molecule has 1 fully saturated rings. The number of carbonyl (C=O) groups is 1. The van der Waals surface area contributed by atoms with Gasteiger partial charge in [0.2, 0.25) is 0 Å². The SMILES string of the molecule is O=C(Nc1cccc(Br)c1)c1ccc(Oc2nccnc2N2CCOCC2)cc1. The van der Waals surface area contributed by atoms with Crippen molar-refractivity contribution in [3.8, 4) is 11.6 Å². The maximum atomic E-state index is 12.4. The maximum absolute atomic E-state index is 12.4. The zero-order chi connectivity index (χ0) is 20.1. The Morgan fingerprint density at radius 1 is 1.07 bits per heavy atom. The number of anilines is 2. The first kappa shape index (κ1) is 19.4. The van der Waals surface area contributed by atoms with E-state index in [-0.39, 0.29) is 5.91 Å². The van der Waals surface area contributed by atoms with E-state index in [1.54, 1.807) is 36.7 Å². The zero-order valence-electron chi connectivity index (χ0n) is 15.5. The molecule has 0 unspecified atom stereocenters. The Morgan fingerprint density at radius 2 is 1.83 bits per heavy atom. The van der Waals surface area contributed by atoms with E-state index in [2.05, 4.69) is 36.1 Å². The third-order valence-corrected chi connectivity index (χ3v) is 4.86. The number of hydrogen-bond acceptors (Lipinski definition) is 6. The number of morpholine rings is 1. The first-order valence-electron chi connectivity index (χ1n) is 9.17. The topological polar surface area (TPSA) is 76.6 Å². The molecule has 1 aromatic heterocycles. The molecule has 1 amide bonds. The van der Waals surface area contributed by atoms with Crippen LogP contribution < -0.4 is 15.0 Å². The third kappa shape index (κ3) is 4.90. The molecule has 0 saturated carbocycles. The molecule has 0 radical (unpaired) electrons. The van der Waals surface area contributed by atoms with Crippen molar-refractivity contribution < 1.29 is 14.3 Å². The fourth-order valence-electron chi connectivity index (χ4n) is 2.94. The molecule has 0 atom stereocenters. The third-order valence-electron chi connectivity index (χ3n) is 4.37. The van der Waals surface area contributed by atoms with Crippen LogP contribution in [0.1, 0.15) is 10.4 Å². The molecule has 0 spiro atoms. The average molecular weight is 455 g/mol. The van der Waals surface area contributed by atoms with Gasteiger partial charge in [-0.3, -0.25) is 4.79 Å². The molecule has 3 aromatic rings. The second-order valence-corrected chi connectivity index (χ2v) is 7.29. The Balaban J connectivity index is 1.45. The lowest BCUT2D eigenvalue weighted by atomic mass is 10.2. The Morgan fingerprint density at radius 3 is 2.59 bits per heavy atom. The summed E-state index contributed by atoms with van der Waals surface area (Å²) in [7, 11) is 0. The van der Waals surface area contributed by atoms with Gasteiger partial charge in [-0.15, -0.1) is 0 Å². The first-order chi connectivity index (χ1) is 14.2. The molecule has 1 N–H and O–H groups in total. The number of ether oxygens (including phenoxy) is 2. The number of nitrogens with zero attached hydrogens (tertiary/aromatic N) is 3. The van der Waals surface area contributed by atoms with Gasteiger partial charge < -0.3 is 19.7 Å². The van der Waals surface area contributed by atoms with Crippen LogP contribution in [0.25, 0.3) is 0 Å². The van der Waals surface area contributed by atoms with Crippen LogP contribution in [0, 0.1) is 0 Å². The summed E-state index contributed by atoms with van der Waals surface area (Å²) in [6.45, 7) is 2.78. The summed E-state index contributed by atoms with van der Waals surface area (Å²) in [5.74, 6) is 1.51. The van der Waals surface area contributed by atoms with Gasteiger partial charge >= 0.3 is 0 Å². The Kier molecular flexibility index (Phi) is 6.02. The van der Waals surface area contributed by atoms with E-state index in [9.17, 15) is 4.79 Å². The normalized spacial score (nSPS) is 13.8. The predicted molar refractivity (Wildman–Crippen MR) is 114 cm³/mol. The van der Waals surface area contributed by atoms with Crippen LogP contribution in [0.2, 0.25) is 0 Å². The molecule has 1 saturated heterocycles. The van der Waals surface area contributed by atoms with Gasteiger partial charge in [0.25, 0.3) is 11.8 Å². The highest BCUT2D eigenvalue weighted by Crippen LogP contribution is 2.28. The lowest BCUT2D eigenvalue weighted by Crippen LogP contribution is -2.37. The van der Waals surface area contributed by atoms with Gasteiger partial charge in [0.15, 0.2) is 5.82 Å². The number of hydrogen-bond donors (Lipinski definition) is 1. The largest absolute Gasteiger partial charge is 0.436 e. The summed E-state index contributed by atoms with van der Waals surface area (Å²) in [6, 6.07) is 14.4. The van der Waals surface area contributed by atoms with Crippen molar-refractivity contribution in [2.45, 2.75) is 0 Å². The Hall–Kier alpha value is -2.97. The van der Waals surface area contributed by atoms with Crippen LogP contribution in [-0.2, 0) is 4.74 Å². The number of benzene rings is 2. The number of halogens is 1. The van der Waals surface area contributed by atoms with E-state index in [0.717, 1.165) is 23.2 Å². The highest BCUT2D eigenvalue weighted by atomic mass is 79.9. The monoisotopic (exact) mass is 454 g/mol. The molecule has 1 aliphatic rings. The number of carbonyl (C=O) groups excluding carboxylic acids is 1. The lowest BCUT2D eigenvalue weighted by Gasteiger charge is -2.28. The molecule has 7 nitrogen and oxygen atoms in total. The fraction of sp³-hybridized carbons (Fsp3) is 0.190. The average Bonchev–Trinajstić information content (AvgIpc) is 2.75. The van der Waals surface area contributed by atoms with Crippen molar-refractivity contribution in [3.63, 3.8) is 0 Å². The first-order valence-corrected chi connectivity index (χ1v) is 9.97. The smallest absolute Gasteiger partial charge is 0.263 e. The van der Waals surface area contributed by atoms with Gasteiger partial charge in [-0.25, -0.2) is 9.97 Å². The molecule has 2 aromatic carbocycles. The van der Waals surface area contributed by atoms with Crippen molar-refractivity contribution in [1.29, 1.82) is 0 Å². The molecular weight excluding hydrogens is 436 g/mol. The van der Waals surface area contributed by atoms with Crippen LogP contribution in [-0.4, -0.2) is 42.2 Å². The summed E-state index contributed by atoms with van der Waals surface area (Å²) in [5.41, 5.74) is 1.25. The molecule has 0 bridgehead atoms. The maximum Gasteiger partial charge on any atom is 0.263 e. The number of amides is 1. The molecule has 8 heteroatoms. The van der Waals surface area contributed by atoms with Crippen LogP contribution in [0.15, 0.2) is 65.4 Å². The van der Waals surface area contributed by atoms with E-state index < -0.39 is 0 Å². The second-order valence-electron chi connectivity index (χ2n) is 6.38. The van der Waals surface area contributed by atoms with E-state index in [4.69, 9.17) is 9.47 Å². The molecular formula is C21H19BrN4O3. The van der Waals surface area contributed by atoms with Crippen LogP contribution in [0.4, 0.5) is 11.5 Å². The predicted octanol–water partition coefficient (Wildman–Crippen LogP) is 4.12. The van der Waals surface area contributed by atoms with Crippen molar-refractivity contribution in [2.75, 3.05) is 36.5 Å². The van der Waals surface area contributed by atoms with Crippen LogP contribution >= 0.6 is 15.9 Å². The van der Waals surface area contributed by atoms with Gasteiger partial charge in [0.1, 0.15) is 5.75 Å². The number of rotatable bonds is 5. The fourth-order valence-corrected chi connectivity index (χ4v) is 3.34. The van der Waals surface area contributed by atoms with Crippen molar-refractivity contribution in [2.24, 2.45) is 0 Å². The standard InChI is InChI=1S/C21H19BrN4O3/c22-16-2-1-3-17(14-16)25-20(27)15-4-6-18(7-5-15)29-21-19(23-8-9-24-21)26-10-12-28-13-11-26/h1-9,14H,10-13H2,(H,25,27). The number of nitrogens with one attached hydrogen (secondary N) is 1. The zero-order valence-corrected chi connectivity index (χ0v) is 17.1. The van der Waals surface area contributed by atoms with E-state index in [1.807, 2.05) is 24.3 Å². The summed E-state index contributed by atoms with van der Waals surface area (Å²) >= 11 is 3.39. The van der Waals surface area contributed by atoms with E-state index in [0.29, 0.717) is 36.2 Å². The van der Waals surface area contributed by atoms with Gasteiger partial charge in [-0.05, 0) is 42.5 Å². The van der Waals surface area contributed by atoms with Crippen molar-refractivity contribution in [1.82, 2.24) is 9.97 Å². The Bertz CT molecular complexity index is 991. The molecule has 4 rings (SSSR count). The minimum absolute atomic E-state index is 0.192. The van der Waals surface area contributed by atoms with Crippen LogP contribution in [0.3, 0.4) is 0 Å². The van der Waals surface area contributed by atoms with Crippen molar-refractivity contribution >= 4 is 33.3 Å². The summed E-state index contributed by atoms with van der Waals surface area (Å²) < 4.78 is 12.2. The van der Waals surface area contributed by atoms with Crippen LogP contribution in [0.5, 0.6) is 11.6 Å². The molecule has 148 valence electrons. The molecule has 1 aliphatic heterocycles. The Labute approximate surface area is 176 Å². The van der Waals surface area contributed by atoms with Crippen molar-refractivity contribution in [3.05, 3.63) is 71.0 Å². The highest BCUT2D eigenvalue weighted by Gasteiger charge is 2.18. The van der Waals surface area contributed by atoms with Gasteiger partial charge in [0, 0.05) is 41.2 Å². The summed E-state index contributed by atoms with van der Waals surface area (Å²) in [5, 5.41) is 2.87. The van der Waals surface area contributed by atoms with Gasteiger partial charge in [-0.2, -0.15) is 0 Å². The summed E-state index contributed by atoms with van der Waals surface area (Å²) in [6.07, 6.45) is 3.24. The number of aromatic nitrogens is 2. The second kappa shape index (κ2) is 9.02. The molecule has 0 aliphatic carbocycles. The molecule has 2 heterocycles. The molecule has 29 heavy (non-hydrogen) atoms. The summed E-state index contributed by atoms with van der Waals surface area (Å²) in [4.78, 5) is 23.3. The lowest BCUT2D eigenvalue weighted by molar-refractivity contribution is 0.102. The van der Waals surface area contributed by atoms with E-state index in [1.165, 1.54) is 0 Å². The minimum Gasteiger partial charge on any atom is -0.436 e. The quantitative estimate of drug-likeness (QED) is 0.624. The van der Waals surface area contributed by atoms with Gasteiger partial charge in [0.05, 0.1) is 13.2 Å². The highest BCUT2D eigenvalue weighted by molar-refractivity contribution is 9.10. The minimum atomic E-state index is -0.192. The van der Waals surface area contributed by atoms with E-state index >= 15 is 0 Å².